The van der Waals surface area contributed by atoms with Gasteiger partial charge in [0.15, 0.2) is 6.10 Å². The summed E-state index contributed by atoms with van der Waals surface area (Å²) in [7, 11) is 1.54. The van der Waals surface area contributed by atoms with Gasteiger partial charge >= 0.3 is 0 Å². The van der Waals surface area contributed by atoms with Gasteiger partial charge < -0.3 is 10.1 Å². The fourth-order valence-electron chi connectivity index (χ4n) is 2.01. The predicted octanol–water partition coefficient (Wildman–Crippen LogP) is 2.08. The zero-order valence-corrected chi connectivity index (χ0v) is 13.7. The molecule has 1 aromatic rings. The number of halogens is 1. The van der Waals surface area contributed by atoms with Gasteiger partial charge in [-0.3, -0.25) is 4.79 Å². The van der Waals surface area contributed by atoms with Crippen molar-refractivity contribution in [1.29, 1.82) is 0 Å². The first-order valence-corrected chi connectivity index (χ1v) is 9.04. The number of benzene rings is 1. The zero-order chi connectivity index (χ0) is 15.8. The standard InChI is InChI=1S/C14H18ClNO4S/c1-8(2)9(3)16-14(17)13-7-10-6-11(21(15,18)19)4-5-12(10)20-13/h4-6,8-9,13H,7H2,1-3H3,(H,16,17). The number of nitrogens with one attached hydrogen (secondary N) is 1. The molecular formula is C14H18ClNO4S. The number of carbonyl (C=O) groups excluding carboxylic acids is 1. The molecule has 2 unspecified atom stereocenters. The fourth-order valence-corrected chi connectivity index (χ4v) is 2.81. The van der Waals surface area contributed by atoms with Crippen LogP contribution in [0.1, 0.15) is 26.3 Å². The number of rotatable bonds is 4. The Balaban J connectivity index is 2.11. The Labute approximate surface area is 129 Å². The van der Waals surface area contributed by atoms with Crippen LogP contribution in [0.25, 0.3) is 0 Å². The highest BCUT2D eigenvalue weighted by Gasteiger charge is 2.31. The lowest BCUT2D eigenvalue weighted by molar-refractivity contribution is -0.128. The average molecular weight is 332 g/mol. The number of amides is 1. The number of hydrogen-bond acceptors (Lipinski definition) is 4. The van der Waals surface area contributed by atoms with Crippen LogP contribution in [0.15, 0.2) is 23.1 Å². The minimum Gasteiger partial charge on any atom is -0.480 e. The summed E-state index contributed by atoms with van der Waals surface area (Å²) in [6.45, 7) is 5.97. The molecule has 116 valence electrons. The summed E-state index contributed by atoms with van der Waals surface area (Å²) >= 11 is 0. The molecule has 0 bridgehead atoms. The van der Waals surface area contributed by atoms with Gasteiger partial charge in [0.25, 0.3) is 15.0 Å². The van der Waals surface area contributed by atoms with E-state index < -0.39 is 15.2 Å². The van der Waals surface area contributed by atoms with E-state index >= 15 is 0 Å². The lowest BCUT2D eigenvalue weighted by Crippen LogP contribution is -2.44. The van der Waals surface area contributed by atoms with Crippen molar-refractivity contribution in [3.05, 3.63) is 23.8 Å². The lowest BCUT2D eigenvalue weighted by Gasteiger charge is -2.19. The molecule has 0 aromatic heterocycles. The molecule has 1 N–H and O–H groups in total. The predicted molar refractivity (Wildman–Crippen MR) is 80.0 cm³/mol. The molecule has 0 saturated heterocycles. The molecule has 0 aliphatic carbocycles. The number of ether oxygens (including phenoxy) is 1. The summed E-state index contributed by atoms with van der Waals surface area (Å²) < 4.78 is 28.2. The molecule has 2 atom stereocenters. The monoisotopic (exact) mass is 331 g/mol. The topological polar surface area (TPSA) is 72.5 Å². The van der Waals surface area contributed by atoms with Crippen LogP contribution in [-0.2, 0) is 20.3 Å². The van der Waals surface area contributed by atoms with E-state index in [1.165, 1.54) is 18.2 Å². The van der Waals surface area contributed by atoms with E-state index in [0.29, 0.717) is 23.7 Å². The van der Waals surface area contributed by atoms with Crippen molar-refractivity contribution < 1.29 is 17.9 Å². The van der Waals surface area contributed by atoms with Crippen molar-refractivity contribution in [3.8, 4) is 5.75 Å². The fraction of sp³-hybridized carbons (Fsp3) is 0.500. The summed E-state index contributed by atoms with van der Waals surface area (Å²) in [5.41, 5.74) is 0.675. The van der Waals surface area contributed by atoms with Gasteiger partial charge in [0.2, 0.25) is 0 Å². The maximum atomic E-state index is 12.1. The van der Waals surface area contributed by atoms with Crippen LogP contribution >= 0.6 is 10.7 Å². The number of fused-ring (bicyclic) bond motifs is 1. The Morgan fingerprint density at radius 1 is 1.38 bits per heavy atom. The van der Waals surface area contributed by atoms with Gasteiger partial charge in [-0.1, -0.05) is 13.8 Å². The molecule has 21 heavy (non-hydrogen) atoms. The maximum absolute atomic E-state index is 12.1. The summed E-state index contributed by atoms with van der Waals surface area (Å²) in [5.74, 6) is 0.657. The number of hydrogen-bond donors (Lipinski definition) is 1. The van der Waals surface area contributed by atoms with Crippen molar-refractivity contribution in [3.63, 3.8) is 0 Å². The van der Waals surface area contributed by atoms with Gasteiger partial charge in [-0.05, 0) is 36.6 Å². The van der Waals surface area contributed by atoms with Crippen molar-refractivity contribution in [2.45, 2.75) is 44.2 Å². The molecule has 0 spiro atoms. The Morgan fingerprint density at radius 3 is 2.62 bits per heavy atom. The second kappa shape index (κ2) is 5.85. The Hall–Kier alpha value is -1.27. The molecule has 0 saturated carbocycles. The molecule has 1 aromatic carbocycles. The largest absolute Gasteiger partial charge is 0.480 e. The summed E-state index contributed by atoms with van der Waals surface area (Å²) in [5, 5.41) is 2.89. The highest BCUT2D eigenvalue weighted by Crippen LogP contribution is 2.32. The van der Waals surface area contributed by atoms with E-state index in [-0.39, 0.29) is 16.8 Å². The van der Waals surface area contributed by atoms with Crippen LogP contribution in [0.2, 0.25) is 0 Å². The van der Waals surface area contributed by atoms with E-state index in [4.69, 9.17) is 15.4 Å². The molecule has 1 aliphatic rings. The third-order valence-electron chi connectivity index (χ3n) is 3.65. The SMILES string of the molecule is CC(C)C(C)NC(=O)C1Cc2cc(S(=O)(=O)Cl)ccc2O1. The first-order chi connectivity index (χ1) is 9.68. The van der Waals surface area contributed by atoms with Gasteiger partial charge in [-0.2, -0.15) is 0 Å². The highest BCUT2D eigenvalue weighted by molar-refractivity contribution is 8.13. The molecule has 1 heterocycles. The Bertz CT molecular complexity index is 657. The van der Waals surface area contributed by atoms with Crippen molar-refractivity contribution in [2.24, 2.45) is 5.92 Å². The van der Waals surface area contributed by atoms with Crippen molar-refractivity contribution in [1.82, 2.24) is 5.32 Å². The quantitative estimate of drug-likeness (QED) is 0.857. The molecule has 0 radical (unpaired) electrons. The van der Waals surface area contributed by atoms with Crippen LogP contribution in [0, 0.1) is 5.92 Å². The second-order valence-electron chi connectivity index (χ2n) is 5.56. The molecule has 2 rings (SSSR count). The van der Waals surface area contributed by atoms with Gasteiger partial charge in [-0.15, -0.1) is 0 Å². The zero-order valence-electron chi connectivity index (χ0n) is 12.1. The maximum Gasteiger partial charge on any atom is 0.261 e. The molecule has 7 heteroatoms. The molecule has 1 aliphatic heterocycles. The Kier molecular flexibility index (Phi) is 4.49. The third kappa shape index (κ3) is 3.68. The summed E-state index contributed by atoms with van der Waals surface area (Å²) in [6, 6.07) is 4.40. The van der Waals surface area contributed by atoms with Crippen LogP contribution in [0.4, 0.5) is 0 Å². The molecule has 1 amide bonds. The number of carbonyl (C=O) groups is 1. The van der Waals surface area contributed by atoms with Crippen LogP contribution in [-0.4, -0.2) is 26.5 Å². The van der Waals surface area contributed by atoms with Gasteiger partial charge in [0.1, 0.15) is 5.75 Å². The van der Waals surface area contributed by atoms with E-state index in [9.17, 15) is 13.2 Å². The first kappa shape index (κ1) is 16.1. The van der Waals surface area contributed by atoms with Gasteiger partial charge in [-0.25, -0.2) is 8.42 Å². The van der Waals surface area contributed by atoms with Crippen LogP contribution < -0.4 is 10.1 Å². The lowest BCUT2D eigenvalue weighted by atomic mass is 10.1. The Morgan fingerprint density at radius 2 is 2.05 bits per heavy atom. The van der Waals surface area contributed by atoms with E-state index in [2.05, 4.69) is 5.32 Å². The molecule has 5 nitrogen and oxygen atoms in total. The first-order valence-electron chi connectivity index (χ1n) is 6.73. The third-order valence-corrected chi connectivity index (χ3v) is 5.00. The molecule has 0 fully saturated rings. The summed E-state index contributed by atoms with van der Waals surface area (Å²) in [4.78, 5) is 12.1. The van der Waals surface area contributed by atoms with Crippen molar-refractivity contribution >= 4 is 25.6 Å². The average Bonchev–Trinajstić information content (AvgIpc) is 2.80. The minimum atomic E-state index is -3.78. The second-order valence-corrected chi connectivity index (χ2v) is 8.13. The minimum absolute atomic E-state index is 0.0168. The van der Waals surface area contributed by atoms with Crippen molar-refractivity contribution in [2.75, 3.05) is 0 Å². The van der Waals surface area contributed by atoms with E-state index in [1.807, 2.05) is 20.8 Å². The van der Waals surface area contributed by atoms with Crippen LogP contribution in [0.3, 0.4) is 0 Å². The molecular weight excluding hydrogens is 314 g/mol. The summed E-state index contributed by atoms with van der Waals surface area (Å²) in [6.07, 6.45) is -0.291. The van der Waals surface area contributed by atoms with E-state index in [0.717, 1.165) is 0 Å². The van der Waals surface area contributed by atoms with E-state index in [1.54, 1.807) is 0 Å². The van der Waals surface area contributed by atoms with Crippen LogP contribution in [0.5, 0.6) is 5.75 Å². The smallest absolute Gasteiger partial charge is 0.261 e. The normalized spacial score (nSPS) is 19.0. The van der Waals surface area contributed by atoms with Gasteiger partial charge in [0.05, 0.1) is 4.90 Å². The highest BCUT2D eigenvalue weighted by atomic mass is 35.7. The van der Waals surface area contributed by atoms with Gasteiger partial charge in [0, 0.05) is 23.1 Å².